The monoisotopic (exact) mass is 311 g/mol. The molecule has 0 bridgehead atoms. The molecule has 0 aromatic heterocycles. The molecule has 2 N–H and O–H groups in total. The third-order valence-corrected chi connectivity index (χ3v) is 3.09. The average Bonchev–Trinajstić information content (AvgIpc) is 2.47. The van der Waals surface area contributed by atoms with Crippen LogP contribution in [-0.4, -0.2) is 30.1 Å². The van der Waals surface area contributed by atoms with Crippen LogP contribution in [0.2, 0.25) is 0 Å². The number of unbranched alkanes of at least 4 members (excludes halogenated alkanes) is 3. The van der Waals surface area contributed by atoms with Gasteiger partial charge >= 0.3 is 5.97 Å². The first-order valence-corrected chi connectivity index (χ1v) is 7.36. The van der Waals surface area contributed by atoms with Gasteiger partial charge in [-0.2, -0.15) is 0 Å². The van der Waals surface area contributed by atoms with Gasteiger partial charge in [-0.05, 0) is 37.5 Å². The third kappa shape index (κ3) is 7.61. The maximum absolute atomic E-state index is 13.4. The summed E-state index contributed by atoms with van der Waals surface area (Å²) in [5.74, 6) is -1.50. The highest BCUT2D eigenvalue weighted by Gasteiger charge is 2.06. The molecule has 1 amide bonds. The lowest BCUT2D eigenvalue weighted by atomic mass is 10.1. The Balaban J connectivity index is 2.11. The van der Waals surface area contributed by atoms with Crippen LogP contribution < -0.4 is 10.1 Å². The van der Waals surface area contributed by atoms with Crippen molar-refractivity contribution < 1.29 is 23.8 Å². The molecule has 0 saturated heterocycles. The lowest BCUT2D eigenvalue weighted by Crippen LogP contribution is -2.29. The van der Waals surface area contributed by atoms with Crippen molar-refractivity contribution in [1.29, 1.82) is 0 Å². The van der Waals surface area contributed by atoms with Crippen molar-refractivity contribution in [2.75, 3.05) is 13.2 Å². The van der Waals surface area contributed by atoms with E-state index in [0.717, 1.165) is 24.8 Å². The largest absolute Gasteiger partial charge is 0.481 e. The minimum atomic E-state index is -0.783. The highest BCUT2D eigenvalue weighted by atomic mass is 19.1. The molecule has 22 heavy (non-hydrogen) atoms. The number of aliphatic carboxylic acids is 1. The zero-order valence-electron chi connectivity index (χ0n) is 12.7. The molecule has 0 saturated carbocycles. The van der Waals surface area contributed by atoms with Gasteiger partial charge in [0, 0.05) is 13.0 Å². The molecule has 0 radical (unpaired) electrons. The van der Waals surface area contributed by atoms with Gasteiger partial charge in [-0.1, -0.05) is 18.9 Å². The minimum Gasteiger partial charge on any atom is -0.481 e. The van der Waals surface area contributed by atoms with Crippen molar-refractivity contribution in [2.45, 2.75) is 39.0 Å². The topological polar surface area (TPSA) is 75.6 Å². The fraction of sp³-hybridized carbons (Fsp3) is 0.500. The summed E-state index contributed by atoms with van der Waals surface area (Å²) in [5, 5.41) is 11.2. The molecule has 122 valence electrons. The van der Waals surface area contributed by atoms with Gasteiger partial charge in [0.05, 0.1) is 0 Å². The van der Waals surface area contributed by atoms with E-state index in [2.05, 4.69) is 5.32 Å². The summed E-state index contributed by atoms with van der Waals surface area (Å²) in [5.41, 5.74) is 0.859. The molecule has 1 aromatic rings. The van der Waals surface area contributed by atoms with E-state index in [9.17, 15) is 14.0 Å². The lowest BCUT2D eigenvalue weighted by molar-refractivity contribution is -0.137. The third-order valence-electron chi connectivity index (χ3n) is 3.09. The summed E-state index contributed by atoms with van der Waals surface area (Å²) in [6, 6.07) is 4.48. The molecule has 0 unspecified atom stereocenters. The standard InChI is InChI=1S/C16H22FNO4/c1-12-7-8-13(17)14(10-12)22-11-15(19)18-9-5-3-2-4-6-16(20)21/h7-8,10H,2-6,9,11H2,1H3,(H,18,19)(H,20,21). The van der Waals surface area contributed by atoms with E-state index in [1.165, 1.54) is 6.07 Å². The number of carbonyl (C=O) groups is 2. The second-order valence-electron chi connectivity index (χ2n) is 5.13. The number of rotatable bonds is 10. The molecule has 6 heteroatoms. The zero-order valence-corrected chi connectivity index (χ0v) is 12.7. The molecular formula is C16H22FNO4. The van der Waals surface area contributed by atoms with Crippen molar-refractivity contribution >= 4 is 11.9 Å². The summed E-state index contributed by atoms with van der Waals surface area (Å²) in [7, 11) is 0. The van der Waals surface area contributed by atoms with Crippen molar-refractivity contribution in [3.05, 3.63) is 29.6 Å². The summed E-state index contributed by atoms with van der Waals surface area (Å²) >= 11 is 0. The van der Waals surface area contributed by atoms with Gasteiger partial charge < -0.3 is 15.2 Å². The van der Waals surface area contributed by atoms with Crippen molar-refractivity contribution in [3.8, 4) is 5.75 Å². The van der Waals surface area contributed by atoms with Gasteiger partial charge in [-0.25, -0.2) is 4.39 Å². The van der Waals surface area contributed by atoms with Gasteiger partial charge in [0.15, 0.2) is 18.2 Å². The number of amides is 1. The van der Waals surface area contributed by atoms with Gasteiger partial charge in [-0.3, -0.25) is 9.59 Å². The summed E-state index contributed by atoms with van der Waals surface area (Å²) in [6.07, 6.45) is 3.31. The highest BCUT2D eigenvalue weighted by Crippen LogP contribution is 2.17. The lowest BCUT2D eigenvalue weighted by Gasteiger charge is -2.08. The van der Waals surface area contributed by atoms with Gasteiger partial charge in [0.2, 0.25) is 0 Å². The number of aryl methyl sites for hydroxylation is 1. The minimum absolute atomic E-state index is 0.0730. The molecule has 0 aliphatic carbocycles. The Morgan fingerprint density at radius 2 is 1.95 bits per heavy atom. The van der Waals surface area contributed by atoms with Crippen molar-refractivity contribution in [2.24, 2.45) is 0 Å². The predicted octanol–water partition coefficient (Wildman–Crippen LogP) is 2.66. The number of halogens is 1. The maximum atomic E-state index is 13.4. The number of benzene rings is 1. The van der Waals surface area contributed by atoms with Crippen LogP contribution >= 0.6 is 0 Å². The first-order valence-electron chi connectivity index (χ1n) is 7.36. The smallest absolute Gasteiger partial charge is 0.303 e. The van der Waals surface area contributed by atoms with Crippen LogP contribution in [-0.2, 0) is 9.59 Å². The summed E-state index contributed by atoms with van der Waals surface area (Å²) in [4.78, 5) is 21.9. The van der Waals surface area contributed by atoms with Crippen LogP contribution in [0.3, 0.4) is 0 Å². The molecule has 5 nitrogen and oxygen atoms in total. The fourth-order valence-corrected chi connectivity index (χ4v) is 1.90. The van der Waals surface area contributed by atoms with Gasteiger partial charge in [0.1, 0.15) is 0 Å². The number of nitrogens with one attached hydrogen (secondary N) is 1. The van der Waals surface area contributed by atoms with Crippen LogP contribution in [0.5, 0.6) is 5.75 Å². The Hall–Kier alpha value is -2.11. The first-order chi connectivity index (χ1) is 10.5. The number of carboxylic acid groups (broad SMARTS) is 1. The molecule has 0 fully saturated rings. The predicted molar refractivity (Wildman–Crippen MR) is 80.4 cm³/mol. The number of hydrogen-bond acceptors (Lipinski definition) is 3. The SMILES string of the molecule is Cc1ccc(F)c(OCC(=O)NCCCCCCC(=O)O)c1. The zero-order chi connectivity index (χ0) is 16.4. The van der Waals surface area contributed by atoms with Crippen LogP contribution in [0.15, 0.2) is 18.2 Å². The quantitative estimate of drug-likeness (QED) is 0.651. The molecule has 0 heterocycles. The normalized spacial score (nSPS) is 10.3. The number of hydrogen-bond donors (Lipinski definition) is 2. The Labute approximate surface area is 129 Å². The maximum Gasteiger partial charge on any atom is 0.303 e. The van der Waals surface area contributed by atoms with E-state index >= 15 is 0 Å². The fourth-order valence-electron chi connectivity index (χ4n) is 1.90. The molecule has 0 spiro atoms. The molecular weight excluding hydrogens is 289 g/mol. The van der Waals surface area contributed by atoms with Crippen molar-refractivity contribution in [3.63, 3.8) is 0 Å². The van der Waals surface area contributed by atoms with Gasteiger partial charge in [-0.15, -0.1) is 0 Å². The number of carboxylic acids is 1. The second-order valence-corrected chi connectivity index (χ2v) is 5.13. The van der Waals surface area contributed by atoms with Crippen LogP contribution in [0, 0.1) is 12.7 Å². The van der Waals surface area contributed by atoms with Crippen LogP contribution in [0.25, 0.3) is 0 Å². The van der Waals surface area contributed by atoms with Crippen LogP contribution in [0.1, 0.15) is 37.7 Å². The number of carbonyl (C=O) groups excluding carboxylic acids is 1. The first kappa shape index (κ1) is 17.9. The Morgan fingerprint density at radius 3 is 2.68 bits per heavy atom. The van der Waals surface area contributed by atoms with E-state index in [1.54, 1.807) is 12.1 Å². The Kier molecular flexibility index (Phi) is 7.96. The van der Waals surface area contributed by atoms with E-state index in [0.29, 0.717) is 13.0 Å². The summed E-state index contributed by atoms with van der Waals surface area (Å²) in [6.45, 7) is 2.10. The second kappa shape index (κ2) is 9.76. The molecule has 0 aliphatic rings. The number of ether oxygens (including phenoxy) is 1. The van der Waals surface area contributed by atoms with E-state index in [1.807, 2.05) is 6.92 Å². The molecule has 1 rings (SSSR count). The molecule has 0 aliphatic heterocycles. The average molecular weight is 311 g/mol. The van der Waals surface area contributed by atoms with E-state index < -0.39 is 11.8 Å². The summed E-state index contributed by atoms with van der Waals surface area (Å²) < 4.78 is 18.6. The molecule has 1 aromatic carbocycles. The highest BCUT2D eigenvalue weighted by molar-refractivity contribution is 5.77. The van der Waals surface area contributed by atoms with Gasteiger partial charge in [0.25, 0.3) is 5.91 Å². The van der Waals surface area contributed by atoms with E-state index in [4.69, 9.17) is 9.84 Å². The van der Waals surface area contributed by atoms with Crippen LogP contribution in [0.4, 0.5) is 4.39 Å². The Bertz CT molecular complexity index is 505. The molecule has 0 atom stereocenters. The van der Waals surface area contributed by atoms with Crippen molar-refractivity contribution in [1.82, 2.24) is 5.32 Å². The van der Waals surface area contributed by atoms with E-state index in [-0.39, 0.29) is 24.7 Å². The Morgan fingerprint density at radius 1 is 1.23 bits per heavy atom.